The van der Waals surface area contributed by atoms with Crippen molar-refractivity contribution in [3.05, 3.63) is 33.9 Å². The molecule has 1 saturated heterocycles. The number of carbonyl (C=O) groups excluding carboxylic acids is 1. The standard InChI is InChI=1S/C15H21N3O3/c1-3-15(19)16-12-6-8-17(9-7-12)13-4-5-14(18(20)21)11(2)10-13/h4-5,10,12H,3,6-9H2,1-2H3,(H,16,19). The largest absolute Gasteiger partial charge is 0.371 e. The molecule has 0 bridgehead atoms. The normalized spacial score (nSPS) is 15.8. The molecule has 2 rings (SSSR count). The Balaban J connectivity index is 1.97. The first-order chi connectivity index (χ1) is 10.0. The number of carbonyl (C=O) groups is 1. The van der Waals surface area contributed by atoms with E-state index >= 15 is 0 Å². The first-order valence-electron chi connectivity index (χ1n) is 7.30. The van der Waals surface area contributed by atoms with Crippen LogP contribution in [0.1, 0.15) is 31.7 Å². The molecular weight excluding hydrogens is 270 g/mol. The molecule has 6 nitrogen and oxygen atoms in total. The van der Waals surface area contributed by atoms with Crippen LogP contribution in [0.4, 0.5) is 11.4 Å². The predicted molar refractivity (Wildman–Crippen MR) is 81.5 cm³/mol. The van der Waals surface area contributed by atoms with E-state index in [1.54, 1.807) is 19.1 Å². The molecule has 1 heterocycles. The van der Waals surface area contributed by atoms with Gasteiger partial charge < -0.3 is 10.2 Å². The molecule has 0 atom stereocenters. The third-order valence-corrected chi connectivity index (χ3v) is 3.92. The lowest BCUT2D eigenvalue weighted by molar-refractivity contribution is -0.385. The number of aryl methyl sites for hydroxylation is 1. The Morgan fingerprint density at radius 2 is 2.10 bits per heavy atom. The van der Waals surface area contributed by atoms with Crippen LogP contribution >= 0.6 is 0 Å². The van der Waals surface area contributed by atoms with Crippen LogP contribution < -0.4 is 10.2 Å². The van der Waals surface area contributed by atoms with Gasteiger partial charge in [0.1, 0.15) is 0 Å². The SMILES string of the molecule is CCC(=O)NC1CCN(c2ccc([N+](=O)[O-])c(C)c2)CC1. The van der Waals surface area contributed by atoms with Gasteiger partial charge in [-0.1, -0.05) is 6.92 Å². The van der Waals surface area contributed by atoms with E-state index in [2.05, 4.69) is 10.2 Å². The van der Waals surface area contributed by atoms with Gasteiger partial charge in [-0.2, -0.15) is 0 Å². The zero-order valence-corrected chi connectivity index (χ0v) is 12.5. The molecule has 0 unspecified atom stereocenters. The molecule has 1 fully saturated rings. The van der Waals surface area contributed by atoms with Gasteiger partial charge in [0, 0.05) is 42.9 Å². The second kappa shape index (κ2) is 6.56. The molecule has 1 amide bonds. The number of nitrogens with zero attached hydrogens (tertiary/aromatic N) is 2. The summed E-state index contributed by atoms with van der Waals surface area (Å²) in [4.78, 5) is 24.1. The predicted octanol–water partition coefficient (Wildman–Crippen LogP) is 2.40. The van der Waals surface area contributed by atoms with E-state index in [9.17, 15) is 14.9 Å². The molecular formula is C15H21N3O3. The van der Waals surface area contributed by atoms with Crippen molar-refractivity contribution in [2.45, 2.75) is 39.2 Å². The Morgan fingerprint density at radius 3 is 2.62 bits per heavy atom. The molecule has 6 heteroatoms. The monoisotopic (exact) mass is 291 g/mol. The van der Waals surface area contributed by atoms with Gasteiger partial charge in [0.05, 0.1) is 4.92 Å². The minimum atomic E-state index is -0.356. The number of hydrogen-bond acceptors (Lipinski definition) is 4. The maximum atomic E-state index is 11.4. The summed E-state index contributed by atoms with van der Waals surface area (Å²) in [6.45, 7) is 5.32. The molecule has 21 heavy (non-hydrogen) atoms. The number of piperidine rings is 1. The van der Waals surface area contributed by atoms with Crippen molar-refractivity contribution in [3.63, 3.8) is 0 Å². The molecule has 0 saturated carbocycles. The number of amides is 1. The number of nitro groups is 1. The van der Waals surface area contributed by atoms with Crippen molar-refractivity contribution < 1.29 is 9.72 Å². The number of hydrogen-bond donors (Lipinski definition) is 1. The lowest BCUT2D eigenvalue weighted by atomic mass is 10.0. The molecule has 1 aliphatic rings. The molecule has 1 N–H and O–H groups in total. The fourth-order valence-electron chi connectivity index (χ4n) is 2.65. The molecule has 0 aromatic heterocycles. The van der Waals surface area contributed by atoms with Gasteiger partial charge in [-0.25, -0.2) is 0 Å². The van der Waals surface area contributed by atoms with Crippen LogP contribution in [0.5, 0.6) is 0 Å². The topological polar surface area (TPSA) is 75.5 Å². The van der Waals surface area contributed by atoms with E-state index < -0.39 is 0 Å². The van der Waals surface area contributed by atoms with Crippen molar-refractivity contribution >= 4 is 17.3 Å². The Hall–Kier alpha value is -2.11. The number of rotatable bonds is 4. The molecule has 0 aliphatic carbocycles. The first kappa shape index (κ1) is 15.3. The number of nitro benzene ring substituents is 1. The van der Waals surface area contributed by atoms with Crippen LogP contribution in [0.15, 0.2) is 18.2 Å². The van der Waals surface area contributed by atoms with Gasteiger partial charge in [-0.05, 0) is 31.9 Å². The number of anilines is 1. The first-order valence-corrected chi connectivity index (χ1v) is 7.30. The van der Waals surface area contributed by atoms with Gasteiger partial charge in [-0.15, -0.1) is 0 Å². The van der Waals surface area contributed by atoms with Crippen molar-refractivity contribution in [1.29, 1.82) is 0 Å². The van der Waals surface area contributed by atoms with Crippen LogP contribution in [0.3, 0.4) is 0 Å². The highest BCUT2D eigenvalue weighted by Gasteiger charge is 2.21. The van der Waals surface area contributed by atoms with Gasteiger partial charge in [0.25, 0.3) is 5.69 Å². The fourth-order valence-corrected chi connectivity index (χ4v) is 2.65. The molecule has 1 aromatic carbocycles. The highest BCUT2D eigenvalue weighted by atomic mass is 16.6. The minimum Gasteiger partial charge on any atom is -0.371 e. The summed E-state index contributed by atoms with van der Waals surface area (Å²) in [6, 6.07) is 5.47. The highest BCUT2D eigenvalue weighted by Crippen LogP contribution is 2.26. The second-order valence-corrected chi connectivity index (χ2v) is 5.41. The number of benzene rings is 1. The van der Waals surface area contributed by atoms with Crippen molar-refractivity contribution in [1.82, 2.24) is 5.32 Å². The minimum absolute atomic E-state index is 0.0969. The lowest BCUT2D eigenvalue weighted by Crippen LogP contribution is -2.44. The molecule has 0 radical (unpaired) electrons. The molecule has 114 valence electrons. The van der Waals surface area contributed by atoms with Crippen LogP contribution in [-0.2, 0) is 4.79 Å². The molecule has 1 aliphatic heterocycles. The smallest absolute Gasteiger partial charge is 0.272 e. The Morgan fingerprint density at radius 1 is 1.43 bits per heavy atom. The maximum Gasteiger partial charge on any atom is 0.272 e. The van der Waals surface area contributed by atoms with E-state index in [-0.39, 0.29) is 22.6 Å². The van der Waals surface area contributed by atoms with Gasteiger partial charge in [0.2, 0.25) is 5.91 Å². The third-order valence-electron chi connectivity index (χ3n) is 3.92. The Kier molecular flexibility index (Phi) is 4.77. The zero-order valence-electron chi connectivity index (χ0n) is 12.5. The van der Waals surface area contributed by atoms with E-state index in [1.165, 1.54) is 0 Å². The van der Waals surface area contributed by atoms with Crippen molar-refractivity contribution in [2.75, 3.05) is 18.0 Å². The summed E-state index contributed by atoms with van der Waals surface area (Å²) in [7, 11) is 0. The van der Waals surface area contributed by atoms with Gasteiger partial charge in [-0.3, -0.25) is 14.9 Å². The summed E-state index contributed by atoms with van der Waals surface area (Å²) in [5.41, 5.74) is 1.85. The molecule has 0 spiro atoms. The fraction of sp³-hybridized carbons (Fsp3) is 0.533. The third kappa shape index (κ3) is 3.71. The van der Waals surface area contributed by atoms with Crippen LogP contribution in [0, 0.1) is 17.0 Å². The average molecular weight is 291 g/mol. The van der Waals surface area contributed by atoms with E-state index in [0.29, 0.717) is 12.0 Å². The summed E-state index contributed by atoms with van der Waals surface area (Å²) in [5.74, 6) is 0.0969. The van der Waals surface area contributed by atoms with E-state index in [0.717, 1.165) is 31.6 Å². The van der Waals surface area contributed by atoms with E-state index in [4.69, 9.17) is 0 Å². The van der Waals surface area contributed by atoms with Crippen LogP contribution in [-0.4, -0.2) is 30.0 Å². The summed E-state index contributed by atoms with van der Waals surface area (Å²) >= 11 is 0. The van der Waals surface area contributed by atoms with Crippen molar-refractivity contribution in [3.8, 4) is 0 Å². The van der Waals surface area contributed by atoms with Crippen molar-refractivity contribution in [2.24, 2.45) is 0 Å². The lowest BCUT2D eigenvalue weighted by Gasteiger charge is -2.34. The highest BCUT2D eigenvalue weighted by molar-refractivity contribution is 5.75. The van der Waals surface area contributed by atoms with Gasteiger partial charge >= 0.3 is 0 Å². The average Bonchev–Trinajstić information content (AvgIpc) is 2.47. The van der Waals surface area contributed by atoms with Gasteiger partial charge in [0.15, 0.2) is 0 Å². The summed E-state index contributed by atoms with van der Waals surface area (Å²) < 4.78 is 0. The quantitative estimate of drug-likeness (QED) is 0.682. The number of nitrogens with one attached hydrogen (secondary N) is 1. The van der Waals surface area contributed by atoms with E-state index in [1.807, 2.05) is 13.0 Å². The second-order valence-electron chi connectivity index (χ2n) is 5.41. The summed E-state index contributed by atoms with van der Waals surface area (Å²) in [6.07, 6.45) is 2.32. The van der Waals surface area contributed by atoms with Crippen LogP contribution in [0.2, 0.25) is 0 Å². The Labute approximate surface area is 124 Å². The summed E-state index contributed by atoms with van der Waals surface area (Å²) in [5, 5.41) is 13.9. The van der Waals surface area contributed by atoms with Crippen LogP contribution in [0.25, 0.3) is 0 Å². The molecule has 1 aromatic rings. The zero-order chi connectivity index (χ0) is 15.4. The maximum absolute atomic E-state index is 11.4. The Bertz CT molecular complexity index is 537.